The van der Waals surface area contributed by atoms with Crippen molar-refractivity contribution in [2.24, 2.45) is 11.3 Å². The van der Waals surface area contributed by atoms with Crippen LogP contribution in [0.5, 0.6) is 0 Å². The molecule has 8 nitrogen and oxygen atoms in total. The molecule has 2 aromatic rings. The standard InChI is InChI=1S/C28H39F2N5O2.C2H4O/c1-20(10-12-29)24-18-34(16-21-8-6-5-7-9-21)27(33-24)26(28(2,3)11-13-31-4)35(25(37)19-36)17-22-14-32-15-23(22)30;1-2-3/h5-10,12,18,22-23,26,31-32,36H,1,11,13-17,19H2,2-4H3;2H,1H3/b12-10+;. The van der Waals surface area contributed by atoms with Crippen LogP contribution in [0.2, 0.25) is 0 Å². The minimum atomic E-state index is -1.09. The quantitative estimate of drug-likeness (QED) is 0.256. The lowest BCUT2D eigenvalue weighted by atomic mass is 9.79. The minimum Gasteiger partial charge on any atom is -0.387 e. The summed E-state index contributed by atoms with van der Waals surface area (Å²) in [4.78, 5) is 28.5. The van der Waals surface area contributed by atoms with Crippen LogP contribution in [-0.2, 0) is 16.1 Å². The molecule has 10 heteroatoms. The fourth-order valence-corrected chi connectivity index (χ4v) is 4.94. The molecule has 0 radical (unpaired) electrons. The maximum absolute atomic E-state index is 14.7. The summed E-state index contributed by atoms with van der Waals surface area (Å²) >= 11 is 0. The zero-order valence-corrected chi connectivity index (χ0v) is 23.9. The molecule has 0 aliphatic carbocycles. The zero-order chi connectivity index (χ0) is 29.7. The van der Waals surface area contributed by atoms with Crippen LogP contribution in [0.1, 0.15) is 50.3 Å². The number of allylic oxidation sites excluding steroid dienone is 2. The van der Waals surface area contributed by atoms with Crippen molar-refractivity contribution >= 4 is 17.8 Å². The number of carbonyl (C=O) groups excluding carboxylic acids is 2. The van der Waals surface area contributed by atoms with Crippen LogP contribution in [0.25, 0.3) is 5.57 Å². The van der Waals surface area contributed by atoms with Gasteiger partial charge in [-0.05, 0) is 49.6 Å². The number of amides is 1. The molecular formula is C30H43F2N5O3. The smallest absolute Gasteiger partial charge is 0.248 e. The van der Waals surface area contributed by atoms with Crippen molar-refractivity contribution < 1.29 is 23.5 Å². The molecule has 1 saturated heterocycles. The van der Waals surface area contributed by atoms with E-state index in [0.29, 0.717) is 49.5 Å². The SMILES string of the molecule is C=C(/C=C/F)c1cn(Cc2ccccc2)c(C(N(CC2CNCC2F)C(=O)CO)C(C)(C)CCNC)n1.CC=O. The molecule has 220 valence electrons. The highest BCUT2D eigenvalue weighted by atomic mass is 19.1. The molecule has 3 rings (SSSR count). The van der Waals surface area contributed by atoms with Crippen molar-refractivity contribution in [3.8, 4) is 0 Å². The molecule has 40 heavy (non-hydrogen) atoms. The minimum absolute atomic E-state index is 0.139. The van der Waals surface area contributed by atoms with Crippen molar-refractivity contribution in [1.82, 2.24) is 25.1 Å². The Labute approximate surface area is 236 Å². The summed E-state index contributed by atoms with van der Waals surface area (Å²) in [6, 6.07) is 9.23. The maximum Gasteiger partial charge on any atom is 0.248 e. The molecule has 0 saturated carbocycles. The van der Waals surface area contributed by atoms with E-state index in [4.69, 9.17) is 9.78 Å². The summed E-state index contributed by atoms with van der Waals surface area (Å²) in [5.74, 6) is -0.309. The number of nitrogens with zero attached hydrogens (tertiary/aromatic N) is 3. The summed E-state index contributed by atoms with van der Waals surface area (Å²) in [5.41, 5.74) is 1.39. The third-order valence-electron chi connectivity index (χ3n) is 7.06. The van der Waals surface area contributed by atoms with Gasteiger partial charge in [0.1, 0.15) is 24.9 Å². The Morgan fingerprint density at radius 3 is 2.58 bits per heavy atom. The van der Waals surface area contributed by atoms with E-state index < -0.39 is 36.1 Å². The Balaban J connectivity index is 0.00000178. The number of halogens is 2. The van der Waals surface area contributed by atoms with E-state index in [-0.39, 0.29) is 13.1 Å². The van der Waals surface area contributed by atoms with E-state index >= 15 is 0 Å². The molecule has 1 fully saturated rings. The summed E-state index contributed by atoms with van der Waals surface area (Å²) in [7, 11) is 1.86. The normalized spacial score (nSPS) is 17.8. The van der Waals surface area contributed by atoms with Crippen LogP contribution >= 0.6 is 0 Å². The van der Waals surface area contributed by atoms with E-state index in [1.807, 2.05) is 62.0 Å². The third kappa shape index (κ3) is 8.90. The topological polar surface area (TPSA) is 99.5 Å². The van der Waals surface area contributed by atoms with Gasteiger partial charge in [-0.25, -0.2) is 13.8 Å². The molecule has 1 amide bonds. The highest BCUT2D eigenvalue weighted by molar-refractivity contribution is 5.78. The molecule has 1 aromatic carbocycles. The van der Waals surface area contributed by atoms with Gasteiger partial charge in [0.2, 0.25) is 5.91 Å². The Hall–Kier alpha value is -3.21. The molecule has 1 aromatic heterocycles. The van der Waals surface area contributed by atoms with E-state index in [1.54, 1.807) is 4.90 Å². The van der Waals surface area contributed by atoms with E-state index in [0.717, 1.165) is 11.8 Å². The number of aliphatic hydroxyl groups is 1. The van der Waals surface area contributed by atoms with Crippen molar-refractivity contribution in [3.63, 3.8) is 0 Å². The number of aldehydes is 1. The molecule has 0 spiro atoms. The van der Waals surface area contributed by atoms with Gasteiger partial charge in [-0.1, -0.05) is 50.8 Å². The highest BCUT2D eigenvalue weighted by Crippen LogP contribution is 2.42. The van der Waals surface area contributed by atoms with Crippen molar-refractivity contribution in [2.75, 3.05) is 39.8 Å². The van der Waals surface area contributed by atoms with Crippen LogP contribution in [0, 0.1) is 11.3 Å². The average Bonchev–Trinajstić information content (AvgIpc) is 3.53. The summed E-state index contributed by atoms with van der Waals surface area (Å²) in [5, 5.41) is 16.2. The summed E-state index contributed by atoms with van der Waals surface area (Å²) < 4.78 is 29.7. The predicted octanol–water partition coefficient (Wildman–Crippen LogP) is 3.69. The van der Waals surface area contributed by atoms with Gasteiger partial charge in [0.05, 0.1) is 18.1 Å². The van der Waals surface area contributed by atoms with E-state index in [1.165, 1.54) is 13.0 Å². The Morgan fingerprint density at radius 1 is 1.35 bits per heavy atom. The second-order valence-electron chi connectivity index (χ2n) is 10.5. The molecule has 3 atom stereocenters. The lowest BCUT2D eigenvalue weighted by Crippen LogP contribution is -2.48. The van der Waals surface area contributed by atoms with Crippen molar-refractivity contribution in [3.05, 3.63) is 72.6 Å². The average molecular weight is 560 g/mol. The summed E-state index contributed by atoms with van der Waals surface area (Å²) in [6.45, 7) is 10.8. The molecule has 3 N–H and O–H groups in total. The van der Waals surface area contributed by atoms with Crippen molar-refractivity contribution in [1.29, 1.82) is 0 Å². The number of hydrogen-bond acceptors (Lipinski definition) is 6. The Kier molecular flexibility index (Phi) is 13.3. The zero-order valence-electron chi connectivity index (χ0n) is 23.9. The van der Waals surface area contributed by atoms with Crippen LogP contribution in [0.3, 0.4) is 0 Å². The lowest BCUT2D eigenvalue weighted by Gasteiger charge is -2.43. The van der Waals surface area contributed by atoms with Gasteiger partial charge in [0.25, 0.3) is 0 Å². The monoisotopic (exact) mass is 559 g/mol. The molecule has 0 bridgehead atoms. The lowest BCUT2D eigenvalue weighted by molar-refractivity contribution is -0.141. The predicted molar refractivity (Wildman–Crippen MR) is 154 cm³/mol. The molecule has 3 unspecified atom stereocenters. The largest absolute Gasteiger partial charge is 0.387 e. The number of imidazole rings is 1. The van der Waals surface area contributed by atoms with E-state index in [9.17, 15) is 18.7 Å². The van der Waals surface area contributed by atoms with Gasteiger partial charge in [-0.15, -0.1) is 0 Å². The van der Waals surface area contributed by atoms with Crippen LogP contribution in [0.4, 0.5) is 8.78 Å². The van der Waals surface area contributed by atoms with Crippen molar-refractivity contribution in [2.45, 2.75) is 46.0 Å². The number of rotatable bonds is 13. The second kappa shape index (κ2) is 16.2. The first-order valence-electron chi connectivity index (χ1n) is 13.5. The number of alkyl halides is 1. The first kappa shape index (κ1) is 33.0. The fourth-order valence-electron chi connectivity index (χ4n) is 4.94. The number of aromatic nitrogens is 2. The molecule has 1 aliphatic heterocycles. The van der Waals surface area contributed by atoms with Gasteiger partial charge < -0.3 is 30.0 Å². The number of carbonyl (C=O) groups is 2. The maximum atomic E-state index is 14.7. The number of nitrogens with one attached hydrogen (secondary N) is 2. The highest BCUT2D eigenvalue weighted by Gasteiger charge is 2.42. The van der Waals surface area contributed by atoms with Crippen LogP contribution in [-0.4, -0.2) is 77.8 Å². The van der Waals surface area contributed by atoms with Gasteiger partial charge in [-0.2, -0.15) is 0 Å². The van der Waals surface area contributed by atoms with Crippen LogP contribution < -0.4 is 10.6 Å². The van der Waals surface area contributed by atoms with Gasteiger partial charge in [0.15, 0.2) is 0 Å². The van der Waals surface area contributed by atoms with Gasteiger partial charge in [-0.3, -0.25) is 4.79 Å². The van der Waals surface area contributed by atoms with E-state index in [2.05, 4.69) is 17.2 Å². The number of benzene rings is 1. The molecule has 2 heterocycles. The Morgan fingerprint density at radius 2 is 2.02 bits per heavy atom. The number of hydrogen-bond donors (Lipinski definition) is 3. The summed E-state index contributed by atoms with van der Waals surface area (Å²) in [6.07, 6.45) is 3.81. The number of aliphatic hydroxyl groups excluding tert-OH is 1. The van der Waals surface area contributed by atoms with Crippen LogP contribution in [0.15, 0.2) is 55.5 Å². The first-order chi connectivity index (χ1) is 19.1. The molecule has 1 aliphatic rings. The fraction of sp³-hybridized carbons (Fsp3) is 0.500. The van der Waals surface area contributed by atoms with Gasteiger partial charge in [0, 0.05) is 38.3 Å². The Bertz CT molecular complexity index is 1120. The molecular weight excluding hydrogens is 516 g/mol. The van der Waals surface area contributed by atoms with Gasteiger partial charge >= 0.3 is 0 Å². The second-order valence-corrected chi connectivity index (χ2v) is 10.5. The third-order valence-corrected chi connectivity index (χ3v) is 7.06. The first-order valence-corrected chi connectivity index (χ1v) is 13.5.